The highest BCUT2D eigenvalue weighted by Crippen LogP contribution is 2.15. The number of guanidine groups is 1. The van der Waals surface area contributed by atoms with E-state index in [4.69, 9.17) is 4.74 Å². The van der Waals surface area contributed by atoms with Crippen molar-refractivity contribution in [3.05, 3.63) is 59.9 Å². The van der Waals surface area contributed by atoms with Gasteiger partial charge in [0.1, 0.15) is 23.1 Å². The van der Waals surface area contributed by atoms with Gasteiger partial charge in [-0.25, -0.2) is 12.8 Å². The molecule has 0 aliphatic rings. The fourth-order valence-corrected chi connectivity index (χ4v) is 3.60. The van der Waals surface area contributed by atoms with Gasteiger partial charge in [0, 0.05) is 6.54 Å². The molecule has 0 aliphatic carbocycles. The summed E-state index contributed by atoms with van der Waals surface area (Å²) in [5, 5.41) is 6.13. The van der Waals surface area contributed by atoms with Crippen LogP contribution < -0.4 is 15.4 Å². The van der Waals surface area contributed by atoms with Crippen LogP contribution >= 0.6 is 0 Å². The first-order valence-corrected chi connectivity index (χ1v) is 10.8. The SMILES string of the molecule is CCNC(=NCCS(=O)(=O)c1ccccc1F)NCCOc1ccc(C)cc1. The molecule has 0 aromatic heterocycles. The number of nitrogens with zero attached hydrogens (tertiary/aromatic N) is 1. The van der Waals surface area contributed by atoms with Gasteiger partial charge in [0.2, 0.25) is 0 Å². The van der Waals surface area contributed by atoms with Crippen molar-refractivity contribution in [2.75, 3.05) is 32.0 Å². The van der Waals surface area contributed by atoms with Crippen LogP contribution in [0.2, 0.25) is 0 Å². The molecule has 0 saturated carbocycles. The number of ether oxygens (including phenoxy) is 1. The number of aryl methyl sites for hydroxylation is 1. The van der Waals surface area contributed by atoms with Crippen LogP contribution in [0.5, 0.6) is 5.75 Å². The van der Waals surface area contributed by atoms with E-state index in [9.17, 15) is 12.8 Å². The summed E-state index contributed by atoms with van der Waals surface area (Å²) in [5.74, 6) is 0.249. The van der Waals surface area contributed by atoms with Crippen molar-refractivity contribution in [3.63, 3.8) is 0 Å². The van der Waals surface area contributed by atoms with Gasteiger partial charge in [-0.3, -0.25) is 4.99 Å². The average Bonchev–Trinajstić information content (AvgIpc) is 2.66. The molecule has 2 N–H and O–H groups in total. The highest BCUT2D eigenvalue weighted by molar-refractivity contribution is 7.91. The van der Waals surface area contributed by atoms with E-state index < -0.39 is 15.7 Å². The van der Waals surface area contributed by atoms with Crippen molar-refractivity contribution in [2.24, 2.45) is 4.99 Å². The summed E-state index contributed by atoms with van der Waals surface area (Å²) >= 11 is 0. The molecule has 0 atom stereocenters. The van der Waals surface area contributed by atoms with Crippen LogP contribution in [0.15, 0.2) is 58.4 Å². The van der Waals surface area contributed by atoms with Crippen molar-refractivity contribution in [3.8, 4) is 5.75 Å². The van der Waals surface area contributed by atoms with Crippen molar-refractivity contribution < 1.29 is 17.5 Å². The number of aliphatic imine (C=N–C) groups is 1. The Kier molecular flexibility index (Phi) is 8.25. The lowest BCUT2D eigenvalue weighted by atomic mass is 10.2. The third-order valence-corrected chi connectivity index (χ3v) is 5.55. The third kappa shape index (κ3) is 6.84. The van der Waals surface area contributed by atoms with Crippen LogP contribution in [0.1, 0.15) is 12.5 Å². The molecule has 0 fully saturated rings. The molecule has 0 bridgehead atoms. The molecule has 0 spiro atoms. The van der Waals surface area contributed by atoms with Gasteiger partial charge in [0.05, 0.1) is 18.8 Å². The summed E-state index contributed by atoms with van der Waals surface area (Å²) in [7, 11) is -3.73. The van der Waals surface area contributed by atoms with E-state index >= 15 is 0 Å². The molecular weight excluding hydrogens is 381 g/mol. The number of nitrogens with one attached hydrogen (secondary N) is 2. The Morgan fingerprint density at radius 3 is 2.50 bits per heavy atom. The smallest absolute Gasteiger partial charge is 0.191 e. The summed E-state index contributed by atoms with van der Waals surface area (Å²) in [6.45, 7) is 5.50. The van der Waals surface area contributed by atoms with Crippen LogP contribution in [-0.4, -0.2) is 46.4 Å². The molecule has 0 radical (unpaired) electrons. The molecule has 2 aromatic rings. The summed E-state index contributed by atoms with van der Waals surface area (Å²) in [6, 6.07) is 13.1. The number of halogens is 1. The molecule has 152 valence electrons. The zero-order valence-electron chi connectivity index (χ0n) is 16.1. The highest BCUT2D eigenvalue weighted by atomic mass is 32.2. The topological polar surface area (TPSA) is 79.8 Å². The molecule has 0 heterocycles. The number of hydrogen-bond donors (Lipinski definition) is 2. The minimum Gasteiger partial charge on any atom is -0.492 e. The van der Waals surface area contributed by atoms with Crippen LogP contribution in [0.4, 0.5) is 4.39 Å². The maximum Gasteiger partial charge on any atom is 0.191 e. The fourth-order valence-electron chi connectivity index (χ4n) is 2.40. The minimum atomic E-state index is -3.73. The Bertz CT molecular complexity index is 884. The second-order valence-corrected chi connectivity index (χ2v) is 8.18. The lowest BCUT2D eigenvalue weighted by Gasteiger charge is -2.12. The van der Waals surface area contributed by atoms with Crippen molar-refractivity contribution in [1.82, 2.24) is 10.6 Å². The molecule has 2 aromatic carbocycles. The van der Waals surface area contributed by atoms with Gasteiger partial charge in [-0.1, -0.05) is 29.8 Å². The summed E-state index contributed by atoms with van der Waals surface area (Å²) in [5.41, 5.74) is 1.16. The average molecular weight is 408 g/mol. The van der Waals surface area contributed by atoms with Crippen molar-refractivity contribution in [1.29, 1.82) is 0 Å². The van der Waals surface area contributed by atoms with Gasteiger partial charge in [0.25, 0.3) is 0 Å². The van der Waals surface area contributed by atoms with Gasteiger partial charge in [-0.05, 0) is 38.1 Å². The third-order valence-electron chi connectivity index (χ3n) is 3.83. The maximum absolute atomic E-state index is 13.7. The van der Waals surface area contributed by atoms with E-state index in [1.54, 1.807) is 0 Å². The van der Waals surface area contributed by atoms with Crippen LogP contribution in [0.3, 0.4) is 0 Å². The zero-order chi connectivity index (χ0) is 20.4. The first-order valence-electron chi connectivity index (χ1n) is 9.11. The van der Waals surface area contributed by atoms with Gasteiger partial charge >= 0.3 is 0 Å². The molecule has 28 heavy (non-hydrogen) atoms. The van der Waals surface area contributed by atoms with Gasteiger partial charge in [-0.2, -0.15) is 0 Å². The molecule has 8 heteroatoms. The van der Waals surface area contributed by atoms with Gasteiger partial charge in [0.15, 0.2) is 15.8 Å². The Balaban J connectivity index is 1.84. The standard InChI is InChI=1S/C20H26FN3O3S/c1-3-22-20(23-12-14-27-17-10-8-16(2)9-11-17)24-13-15-28(25,26)19-7-5-4-6-18(19)21/h4-11H,3,12-15H2,1-2H3,(H2,22,23,24). The highest BCUT2D eigenvalue weighted by Gasteiger charge is 2.18. The molecule has 0 unspecified atom stereocenters. The second kappa shape index (κ2) is 10.7. The van der Waals surface area contributed by atoms with Crippen molar-refractivity contribution in [2.45, 2.75) is 18.7 Å². The summed E-state index contributed by atoms with van der Waals surface area (Å²) < 4.78 is 43.9. The lowest BCUT2D eigenvalue weighted by Crippen LogP contribution is -2.39. The number of hydrogen-bond acceptors (Lipinski definition) is 4. The molecule has 0 saturated heterocycles. The largest absolute Gasteiger partial charge is 0.492 e. The lowest BCUT2D eigenvalue weighted by molar-refractivity contribution is 0.322. The van der Waals surface area contributed by atoms with E-state index in [1.165, 1.54) is 18.2 Å². The molecule has 2 rings (SSSR count). The van der Waals surface area contributed by atoms with Crippen molar-refractivity contribution >= 4 is 15.8 Å². The van der Waals surface area contributed by atoms with E-state index in [0.29, 0.717) is 25.7 Å². The second-order valence-electron chi connectivity index (χ2n) is 6.10. The predicted molar refractivity (Wildman–Crippen MR) is 109 cm³/mol. The van der Waals surface area contributed by atoms with E-state index in [-0.39, 0.29) is 17.2 Å². The summed E-state index contributed by atoms with van der Waals surface area (Å²) in [6.07, 6.45) is 0. The normalized spacial score (nSPS) is 11.9. The van der Waals surface area contributed by atoms with Crippen LogP contribution in [0, 0.1) is 12.7 Å². The Labute approximate surface area is 165 Å². The van der Waals surface area contributed by atoms with Gasteiger partial charge in [-0.15, -0.1) is 0 Å². The number of rotatable bonds is 9. The van der Waals surface area contributed by atoms with E-state index in [0.717, 1.165) is 17.4 Å². The van der Waals surface area contributed by atoms with Crippen LogP contribution in [0.25, 0.3) is 0 Å². The maximum atomic E-state index is 13.7. The molecule has 6 nitrogen and oxygen atoms in total. The number of sulfone groups is 1. The quantitative estimate of drug-likeness (QED) is 0.379. The first kappa shape index (κ1) is 21.7. The number of benzene rings is 2. The van der Waals surface area contributed by atoms with E-state index in [1.807, 2.05) is 38.1 Å². The molecule has 0 aliphatic heterocycles. The van der Waals surface area contributed by atoms with E-state index in [2.05, 4.69) is 15.6 Å². The van der Waals surface area contributed by atoms with Gasteiger partial charge < -0.3 is 15.4 Å². The summed E-state index contributed by atoms with van der Waals surface area (Å²) in [4.78, 5) is 3.95. The van der Waals surface area contributed by atoms with Crippen LogP contribution in [-0.2, 0) is 9.84 Å². The predicted octanol–water partition coefficient (Wildman–Crippen LogP) is 2.54. The fraction of sp³-hybridized carbons (Fsp3) is 0.350. The Morgan fingerprint density at radius 2 is 1.82 bits per heavy atom. The molecule has 0 amide bonds. The Hall–Kier alpha value is -2.61. The zero-order valence-corrected chi connectivity index (χ0v) is 16.9. The first-order chi connectivity index (χ1) is 13.4. The monoisotopic (exact) mass is 407 g/mol. The Morgan fingerprint density at radius 1 is 1.11 bits per heavy atom. The minimum absolute atomic E-state index is 0.0187. The molecular formula is C20H26FN3O3S.